The van der Waals surface area contributed by atoms with Crippen molar-refractivity contribution in [1.29, 1.82) is 0 Å². The number of nitrogens with zero attached hydrogens (tertiary/aromatic N) is 1. The summed E-state index contributed by atoms with van der Waals surface area (Å²) in [7, 11) is -7.41. The zero-order chi connectivity index (χ0) is 40.5. The van der Waals surface area contributed by atoms with Crippen LogP contribution in [0, 0.1) is 13.8 Å². The highest BCUT2D eigenvalue weighted by atomic mass is 32.2. The van der Waals surface area contributed by atoms with E-state index in [4.69, 9.17) is 5.84 Å². The second-order valence-corrected chi connectivity index (χ2v) is 25.9. The molecule has 2 rings (SSSR count). The maximum atomic E-state index is 10.4. The van der Waals surface area contributed by atoms with Gasteiger partial charge in [0.1, 0.15) is 20.2 Å². The average molecular weight is 775 g/mol. The number of hydrogen-bond acceptors (Lipinski definition) is 7. The molecule has 2 aromatic rings. The number of benzene rings is 2. The Labute approximate surface area is 315 Å². The normalized spacial score (nSPS) is 13.8. The Hall–Kier alpha value is -1.39. The van der Waals surface area contributed by atoms with E-state index in [2.05, 4.69) is 89.9 Å². The van der Waals surface area contributed by atoms with Crippen molar-refractivity contribution < 1.29 is 30.5 Å². The molecule has 0 aliphatic rings. The summed E-state index contributed by atoms with van der Waals surface area (Å²) in [5, 5.41) is 1.30. The van der Waals surface area contributed by atoms with Crippen molar-refractivity contribution >= 4 is 27.5 Å². The van der Waals surface area contributed by atoms with Crippen LogP contribution in [0.15, 0.2) is 58.3 Å². The highest BCUT2D eigenvalue weighted by Crippen LogP contribution is 2.80. The first-order valence-corrected chi connectivity index (χ1v) is 23.5. The highest BCUT2D eigenvalue weighted by molar-refractivity contribution is 7.86. The van der Waals surface area contributed by atoms with Crippen LogP contribution in [0.2, 0.25) is 0 Å². The molecule has 0 fully saturated rings. The Bertz CT molecular complexity index is 1340. The molecule has 0 aromatic heterocycles. The van der Waals surface area contributed by atoms with E-state index in [0.29, 0.717) is 15.5 Å². The van der Waals surface area contributed by atoms with Gasteiger partial charge in [0.2, 0.25) is 0 Å². The molecule has 0 saturated heterocycles. The first-order valence-electron chi connectivity index (χ1n) is 18.4. The first-order chi connectivity index (χ1) is 22.9. The lowest BCUT2D eigenvalue weighted by atomic mass is 10.1. The lowest BCUT2D eigenvalue weighted by molar-refractivity contribution is -0.921. The highest BCUT2D eigenvalue weighted by Gasteiger charge is 2.60. The molecule has 51 heavy (non-hydrogen) atoms. The smallest absolute Gasteiger partial charge is 0.124 e. The lowest BCUT2D eigenvalue weighted by Gasteiger charge is -2.52. The van der Waals surface area contributed by atoms with Crippen molar-refractivity contribution in [2.24, 2.45) is 5.84 Å². The Morgan fingerprint density at radius 2 is 0.843 bits per heavy atom. The predicted molar refractivity (Wildman–Crippen MR) is 219 cm³/mol. The third kappa shape index (κ3) is 20.6. The molecular weight excluding hydrogens is 700 g/mol. The van der Waals surface area contributed by atoms with Crippen molar-refractivity contribution in [2.75, 3.05) is 26.8 Å². The molecule has 0 spiro atoms. The second kappa shape index (κ2) is 22.1. The van der Waals surface area contributed by atoms with Gasteiger partial charge in [0.25, 0.3) is 0 Å². The molecule has 298 valence electrons. The van der Waals surface area contributed by atoms with E-state index < -0.39 is 27.5 Å². The van der Waals surface area contributed by atoms with Crippen LogP contribution in [0.4, 0.5) is 0 Å². The van der Waals surface area contributed by atoms with Gasteiger partial charge in [-0.15, -0.1) is 0 Å². The van der Waals surface area contributed by atoms with E-state index >= 15 is 0 Å². The van der Waals surface area contributed by atoms with Crippen molar-refractivity contribution in [3.05, 3.63) is 59.7 Å². The van der Waals surface area contributed by atoms with Crippen molar-refractivity contribution in [3.8, 4) is 0 Å². The van der Waals surface area contributed by atoms with Gasteiger partial charge in [0, 0.05) is 7.26 Å². The van der Waals surface area contributed by atoms with Crippen molar-refractivity contribution in [3.63, 3.8) is 0 Å². The fourth-order valence-electron chi connectivity index (χ4n) is 6.31. The molecule has 8 nitrogen and oxygen atoms in total. The molecule has 2 N–H and O–H groups in total. The van der Waals surface area contributed by atoms with Crippen LogP contribution < -0.4 is 5.84 Å². The van der Waals surface area contributed by atoms with Crippen LogP contribution in [0.25, 0.3) is 0 Å². The SMILES string of the molecule is CC(C)(C)[P+](C)(C(C)(C)C)C(C)(C)C.CCCCCCCC[N+](C)(N)CCCC.Cc1ccc(S(=O)(=O)[O-])cc1.Cc1ccc(S(=O)(=O)[O-])cc1. The van der Waals surface area contributed by atoms with E-state index in [0.717, 1.165) is 28.8 Å². The van der Waals surface area contributed by atoms with E-state index in [1.165, 1.54) is 75.6 Å². The Morgan fingerprint density at radius 1 is 0.569 bits per heavy atom. The van der Waals surface area contributed by atoms with E-state index in [9.17, 15) is 25.9 Å². The average Bonchev–Trinajstić information content (AvgIpc) is 2.96. The minimum atomic E-state index is -4.27. The third-order valence-electron chi connectivity index (χ3n) is 9.69. The second-order valence-electron chi connectivity index (χ2n) is 17.1. The molecule has 1 atom stereocenters. The number of hydrogen-bond donors (Lipinski definition) is 1. The van der Waals surface area contributed by atoms with E-state index in [-0.39, 0.29) is 9.79 Å². The predicted octanol–water partition coefficient (Wildman–Crippen LogP) is 10.3. The van der Waals surface area contributed by atoms with E-state index in [1.54, 1.807) is 24.3 Å². The molecule has 0 bridgehead atoms. The topological polar surface area (TPSA) is 140 Å². The molecule has 0 aliphatic carbocycles. The number of unbranched alkanes of at least 4 members (excludes halogenated alkanes) is 6. The zero-order valence-corrected chi connectivity index (χ0v) is 37.5. The van der Waals surface area contributed by atoms with Gasteiger partial charge >= 0.3 is 0 Å². The molecule has 2 aromatic carbocycles. The summed E-state index contributed by atoms with van der Waals surface area (Å²) < 4.78 is 63.1. The monoisotopic (exact) mass is 774 g/mol. The molecule has 0 amide bonds. The Balaban J connectivity index is 0. The lowest BCUT2D eigenvalue weighted by Crippen LogP contribution is -2.51. The van der Waals surface area contributed by atoms with Crippen LogP contribution in [-0.4, -0.2) is 72.8 Å². The summed E-state index contributed by atoms with van der Waals surface area (Å²) in [4.78, 5) is -0.355. The Kier molecular flexibility index (Phi) is 22.4. The Morgan fingerprint density at radius 3 is 1.10 bits per heavy atom. The summed E-state index contributed by atoms with van der Waals surface area (Å²) in [5.74, 6) is 6.18. The third-order valence-corrected chi connectivity index (χ3v) is 19.4. The molecule has 0 aliphatic heterocycles. The van der Waals surface area contributed by atoms with Gasteiger partial charge in [-0.05, 0) is 120 Å². The first kappa shape index (κ1) is 51.7. The van der Waals surface area contributed by atoms with Gasteiger partial charge in [-0.1, -0.05) is 81.3 Å². The quantitative estimate of drug-likeness (QED) is 0.0565. The number of nitrogens with two attached hydrogens (primary N) is 1. The summed E-state index contributed by atoms with van der Waals surface area (Å²) in [6, 6.07) is 11.6. The van der Waals surface area contributed by atoms with Crippen LogP contribution in [0.5, 0.6) is 0 Å². The summed E-state index contributed by atoms with van der Waals surface area (Å²) in [5.41, 5.74) is 1.86. The minimum absolute atomic E-state index is 0.178. The molecule has 0 radical (unpaired) electrons. The van der Waals surface area contributed by atoms with Crippen LogP contribution in [0.1, 0.15) is 139 Å². The summed E-state index contributed by atoms with van der Waals surface area (Å²) in [6.45, 7) is 34.7. The summed E-state index contributed by atoms with van der Waals surface area (Å²) in [6.07, 6.45) is 10.7. The molecule has 11 heteroatoms. The standard InChI is InChI=1S/C13H31N2.C13H30P.2C7H8O3S/c1-4-6-8-9-10-11-13-15(3,14)12-7-5-2;1-11(2,3)14(10,12(4,5)6)13(7,8)9;2*1-6-2-4-7(5-3-6)11(8,9)10/h4-14H2,1-3H3;1-10H3;2*2-5H,1H3,(H,8,9,10)/q2*+1;;/p-2. The number of aryl methyl sites for hydroxylation is 2. The number of rotatable bonds is 12. The largest absolute Gasteiger partial charge is 0.744 e. The summed E-state index contributed by atoms with van der Waals surface area (Å²) >= 11 is 0. The fourth-order valence-corrected chi connectivity index (χ4v) is 13.3. The van der Waals surface area contributed by atoms with Gasteiger partial charge < -0.3 is 9.11 Å². The maximum Gasteiger partial charge on any atom is 0.124 e. The maximum absolute atomic E-state index is 10.4. The molecular formula is C40H75N2O6PS2. The van der Waals surface area contributed by atoms with Crippen molar-refractivity contribution in [1.82, 2.24) is 0 Å². The van der Waals surface area contributed by atoms with Gasteiger partial charge in [0.15, 0.2) is 0 Å². The molecule has 1 unspecified atom stereocenters. The van der Waals surface area contributed by atoms with Gasteiger partial charge in [0.05, 0.1) is 52.1 Å². The van der Waals surface area contributed by atoms with Gasteiger partial charge in [-0.3, -0.25) is 4.59 Å². The van der Waals surface area contributed by atoms with Gasteiger partial charge in [-0.2, -0.15) is 5.84 Å². The van der Waals surface area contributed by atoms with Crippen LogP contribution in [0.3, 0.4) is 0 Å². The zero-order valence-electron chi connectivity index (χ0n) is 34.9. The number of quaternary nitrogens is 1. The van der Waals surface area contributed by atoms with Gasteiger partial charge in [-0.25, -0.2) is 16.8 Å². The van der Waals surface area contributed by atoms with E-state index in [1.807, 2.05) is 13.8 Å². The fraction of sp³-hybridized carbons (Fsp3) is 0.700. The minimum Gasteiger partial charge on any atom is -0.744 e. The van der Waals surface area contributed by atoms with Crippen molar-refractivity contribution in [2.45, 2.75) is 167 Å². The van der Waals surface area contributed by atoms with Crippen LogP contribution in [-0.2, 0) is 20.2 Å². The molecule has 0 saturated carbocycles. The molecule has 0 heterocycles. The van der Waals surface area contributed by atoms with Crippen LogP contribution >= 0.6 is 7.26 Å².